The Bertz CT molecular complexity index is 246. The van der Waals surface area contributed by atoms with E-state index in [0.717, 1.165) is 0 Å². The topological polar surface area (TPSA) is 74.6 Å². The molecule has 0 saturated heterocycles. The van der Waals surface area contributed by atoms with E-state index in [-0.39, 0.29) is 12.3 Å². The smallest absolute Gasteiger partial charge is 0.307 e. The van der Waals surface area contributed by atoms with Crippen molar-refractivity contribution < 1.29 is 19.8 Å². The molecule has 0 unspecified atom stereocenters. The van der Waals surface area contributed by atoms with Gasteiger partial charge in [-0.2, -0.15) is 0 Å². The molecule has 1 fully saturated rings. The van der Waals surface area contributed by atoms with Gasteiger partial charge in [0.25, 0.3) is 0 Å². The zero-order valence-electron chi connectivity index (χ0n) is 7.78. The molecule has 1 rings (SSSR count). The number of rotatable bonds is 4. The Morgan fingerprint density at radius 2 is 2.00 bits per heavy atom. The van der Waals surface area contributed by atoms with Gasteiger partial charge in [-0.1, -0.05) is 13.8 Å². The number of carbonyl (C=O) groups is 2. The first-order valence-electron chi connectivity index (χ1n) is 4.35. The van der Waals surface area contributed by atoms with Gasteiger partial charge < -0.3 is 10.2 Å². The van der Waals surface area contributed by atoms with Gasteiger partial charge in [-0.05, 0) is 17.8 Å². The molecule has 74 valence electrons. The van der Waals surface area contributed by atoms with Gasteiger partial charge in [0.2, 0.25) is 0 Å². The first kappa shape index (κ1) is 10.0. The van der Waals surface area contributed by atoms with E-state index in [4.69, 9.17) is 10.2 Å². The maximum absolute atomic E-state index is 10.7. The Labute approximate surface area is 76.6 Å². The highest BCUT2D eigenvalue weighted by atomic mass is 16.4. The van der Waals surface area contributed by atoms with Crippen molar-refractivity contribution in [2.45, 2.75) is 26.7 Å². The van der Waals surface area contributed by atoms with Crippen molar-refractivity contribution in [2.24, 2.45) is 17.3 Å². The van der Waals surface area contributed by atoms with E-state index >= 15 is 0 Å². The summed E-state index contributed by atoms with van der Waals surface area (Å²) < 4.78 is 0. The van der Waals surface area contributed by atoms with E-state index in [0.29, 0.717) is 6.42 Å². The van der Waals surface area contributed by atoms with Crippen LogP contribution in [0.15, 0.2) is 0 Å². The Morgan fingerprint density at radius 3 is 2.23 bits per heavy atom. The van der Waals surface area contributed by atoms with Gasteiger partial charge in [-0.25, -0.2) is 0 Å². The van der Waals surface area contributed by atoms with Gasteiger partial charge in [0, 0.05) is 0 Å². The summed E-state index contributed by atoms with van der Waals surface area (Å²) in [4.78, 5) is 21.2. The van der Waals surface area contributed by atoms with Gasteiger partial charge in [0.1, 0.15) is 0 Å². The van der Waals surface area contributed by atoms with Gasteiger partial charge in [-0.3, -0.25) is 9.59 Å². The van der Waals surface area contributed by atoms with E-state index in [1.807, 2.05) is 13.8 Å². The molecule has 0 heterocycles. The fraction of sp³-hybridized carbons (Fsp3) is 0.778. The zero-order valence-corrected chi connectivity index (χ0v) is 7.78. The highest BCUT2D eigenvalue weighted by Gasteiger charge is 2.60. The predicted octanol–water partition coefficient (Wildman–Crippen LogP) is 1.21. The molecule has 0 aromatic carbocycles. The number of carboxylic acids is 2. The summed E-state index contributed by atoms with van der Waals surface area (Å²) in [5, 5.41) is 17.4. The summed E-state index contributed by atoms with van der Waals surface area (Å²) in [6.45, 7) is 3.76. The summed E-state index contributed by atoms with van der Waals surface area (Å²) in [5.74, 6) is -2.11. The van der Waals surface area contributed by atoms with E-state index in [2.05, 4.69) is 0 Å². The molecule has 1 aliphatic rings. The van der Waals surface area contributed by atoms with E-state index in [1.54, 1.807) is 0 Å². The van der Waals surface area contributed by atoms with Crippen LogP contribution in [0.4, 0.5) is 0 Å². The van der Waals surface area contributed by atoms with Crippen molar-refractivity contribution in [2.75, 3.05) is 0 Å². The monoisotopic (exact) mass is 186 g/mol. The molecule has 0 amide bonds. The molecule has 4 heteroatoms. The molecule has 0 radical (unpaired) electrons. The summed E-state index contributed by atoms with van der Waals surface area (Å²) in [5.41, 5.74) is -0.488. The van der Waals surface area contributed by atoms with Gasteiger partial charge in [-0.15, -0.1) is 0 Å². The summed E-state index contributed by atoms with van der Waals surface area (Å²) in [7, 11) is 0. The summed E-state index contributed by atoms with van der Waals surface area (Å²) >= 11 is 0. The van der Waals surface area contributed by atoms with Crippen LogP contribution in [0.5, 0.6) is 0 Å². The van der Waals surface area contributed by atoms with Crippen molar-refractivity contribution in [1.82, 2.24) is 0 Å². The van der Waals surface area contributed by atoms with Gasteiger partial charge in [0.05, 0.1) is 12.3 Å². The Morgan fingerprint density at radius 1 is 1.46 bits per heavy atom. The van der Waals surface area contributed by atoms with Gasteiger partial charge in [0.15, 0.2) is 0 Å². The van der Waals surface area contributed by atoms with E-state index in [9.17, 15) is 9.59 Å². The number of hydrogen-bond donors (Lipinski definition) is 2. The third kappa shape index (κ3) is 1.66. The second-order valence-corrected chi connectivity index (χ2v) is 4.05. The average Bonchev–Trinajstić information content (AvgIpc) is 2.62. The van der Waals surface area contributed by atoms with Crippen LogP contribution in [-0.2, 0) is 9.59 Å². The van der Waals surface area contributed by atoms with Crippen LogP contribution in [-0.4, -0.2) is 22.2 Å². The maximum Gasteiger partial charge on any atom is 0.307 e. The fourth-order valence-corrected chi connectivity index (χ4v) is 1.97. The molecule has 1 saturated carbocycles. The number of hydrogen-bond acceptors (Lipinski definition) is 2. The Hall–Kier alpha value is -1.06. The minimum Gasteiger partial charge on any atom is -0.481 e. The van der Waals surface area contributed by atoms with Crippen molar-refractivity contribution in [1.29, 1.82) is 0 Å². The minimum absolute atomic E-state index is 0.0262. The molecular formula is C9H14O4. The van der Waals surface area contributed by atoms with Crippen LogP contribution in [0, 0.1) is 17.3 Å². The largest absolute Gasteiger partial charge is 0.481 e. The lowest BCUT2D eigenvalue weighted by atomic mass is 9.86. The molecule has 0 aliphatic heterocycles. The van der Waals surface area contributed by atoms with Crippen molar-refractivity contribution >= 4 is 11.9 Å². The van der Waals surface area contributed by atoms with Crippen molar-refractivity contribution in [3.05, 3.63) is 0 Å². The SMILES string of the molecule is CC(C)[C@]1(CC(=O)O)C[C@H]1C(=O)O. The minimum atomic E-state index is -0.905. The molecule has 0 spiro atoms. The van der Waals surface area contributed by atoms with Crippen LogP contribution in [0.25, 0.3) is 0 Å². The summed E-state index contributed by atoms with van der Waals surface area (Å²) in [6, 6.07) is 0. The second-order valence-electron chi connectivity index (χ2n) is 4.05. The molecule has 2 atom stereocenters. The average molecular weight is 186 g/mol. The lowest BCUT2D eigenvalue weighted by Crippen LogP contribution is -2.20. The van der Waals surface area contributed by atoms with Crippen molar-refractivity contribution in [3.63, 3.8) is 0 Å². The predicted molar refractivity (Wildman–Crippen MR) is 45.3 cm³/mol. The standard InChI is InChI=1S/C9H14O4/c1-5(2)9(4-7(10)11)3-6(9)8(12)13/h5-6H,3-4H2,1-2H3,(H,10,11)(H,12,13)/t6-,9+/m0/s1. The van der Waals surface area contributed by atoms with Crippen LogP contribution in [0.3, 0.4) is 0 Å². The summed E-state index contributed by atoms with van der Waals surface area (Å²) in [6.07, 6.45) is 0.480. The molecule has 13 heavy (non-hydrogen) atoms. The third-order valence-electron chi connectivity index (χ3n) is 3.05. The molecule has 2 N–H and O–H groups in total. The molecule has 0 aromatic heterocycles. The quantitative estimate of drug-likeness (QED) is 0.692. The van der Waals surface area contributed by atoms with Crippen LogP contribution < -0.4 is 0 Å². The van der Waals surface area contributed by atoms with E-state index in [1.165, 1.54) is 0 Å². The van der Waals surface area contributed by atoms with E-state index < -0.39 is 23.3 Å². The Kier molecular flexibility index (Phi) is 2.32. The number of carboxylic acid groups (broad SMARTS) is 2. The molecule has 1 aliphatic carbocycles. The highest BCUT2D eigenvalue weighted by molar-refractivity contribution is 5.78. The molecule has 4 nitrogen and oxygen atoms in total. The van der Waals surface area contributed by atoms with Gasteiger partial charge >= 0.3 is 11.9 Å². The van der Waals surface area contributed by atoms with Crippen LogP contribution in [0.1, 0.15) is 26.7 Å². The molecule has 0 bridgehead atoms. The lowest BCUT2D eigenvalue weighted by molar-refractivity contribution is -0.141. The zero-order chi connectivity index (χ0) is 10.2. The first-order chi connectivity index (χ1) is 5.90. The second kappa shape index (κ2) is 3.01. The van der Waals surface area contributed by atoms with Crippen molar-refractivity contribution in [3.8, 4) is 0 Å². The number of aliphatic carboxylic acids is 2. The third-order valence-corrected chi connectivity index (χ3v) is 3.05. The first-order valence-corrected chi connectivity index (χ1v) is 4.35. The highest BCUT2D eigenvalue weighted by Crippen LogP contribution is 2.60. The lowest BCUT2D eigenvalue weighted by Gasteiger charge is -2.17. The fourth-order valence-electron chi connectivity index (χ4n) is 1.97. The van der Waals surface area contributed by atoms with Crippen LogP contribution >= 0.6 is 0 Å². The molecular weight excluding hydrogens is 172 g/mol. The van der Waals surface area contributed by atoms with Crippen LogP contribution in [0.2, 0.25) is 0 Å². The molecule has 0 aromatic rings. The Balaban J connectivity index is 2.71. The maximum atomic E-state index is 10.7. The normalized spacial score (nSPS) is 31.8.